The van der Waals surface area contributed by atoms with Gasteiger partial charge in [0.05, 0.1) is 18.1 Å². The number of halogens is 4. The van der Waals surface area contributed by atoms with E-state index < -0.39 is 29.3 Å². The maximum absolute atomic E-state index is 15.0. The van der Waals surface area contributed by atoms with Gasteiger partial charge in [-0.25, -0.2) is 9.37 Å². The predicted octanol–water partition coefficient (Wildman–Crippen LogP) is 6.71. The third-order valence-corrected chi connectivity index (χ3v) is 7.83. The number of rotatable bonds is 5. The minimum Gasteiger partial charge on any atom is -0.473 e. The summed E-state index contributed by atoms with van der Waals surface area (Å²) in [5.74, 6) is -0.219. The highest BCUT2D eigenvalue weighted by atomic mass is 19.4. The first-order valence-corrected chi connectivity index (χ1v) is 13.3. The second kappa shape index (κ2) is 9.58. The largest absolute Gasteiger partial charge is 0.473 e. The molecule has 0 bridgehead atoms. The second-order valence-electron chi connectivity index (χ2n) is 11.7. The number of nitrogens with zero attached hydrogens (tertiary/aromatic N) is 1. The summed E-state index contributed by atoms with van der Waals surface area (Å²) in [6.45, 7) is 5.59. The molecule has 0 saturated heterocycles. The van der Waals surface area contributed by atoms with Gasteiger partial charge in [-0.05, 0) is 85.5 Å². The number of hydrogen-bond donors (Lipinski definition) is 0. The van der Waals surface area contributed by atoms with Crippen LogP contribution in [0.15, 0.2) is 48.7 Å². The van der Waals surface area contributed by atoms with Crippen LogP contribution in [-0.4, -0.2) is 23.2 Å². The first-order chi connectivity index (χ1) is 18.9. The zero-order chi connectivity index (χ0) is 28.4. The van der Waals surface area contributed by atoms with Gasteiger partial charge in [-0.2, -0.15) is 13.2 Å². The van der Waals surface area contributed by atoms with Gasteiger partial charge in [-0.1, -0.05) is 18.2 Å². The lowest BCUT2D eigenvalue weighted by atomic mass is 9.89. The molecule has 9 heteroatoms. The molecule has 0 amide bonds. The Morgan fingerprint density at radius 1 is 1.05 bits per heavy atom. The van der Waals surface area contributed by atoms with Gasteiger partial charge in [0.25, 0.3) is 0 Å². The van der Waals surface area contributed by atoms with Gasteiger partial charge in [-0.3, -0.25) is 4.79 Å². The smallest absolute Gasteiger partial charge is 0.416 e. The van der Waals surface area contributed by atoms with Gasteiger partial charge >= 0.3 is 12.1 Å². The van der Waals surface area contributed by atoms with Crippen LogP contribution in [0.2, 0.25) is 0 Å². The molecule has 4 atom stereocenters. The van der Waals surface area contributed by atoms with Crippen molar-refractivity contribution in [3.8, 4) is 5.88 Å². The Hall–Kier alpha value is -3.46. The first kappa shape index (κ1) is 26.7. The molecule has 2 aliphatic carbocycles. The number of alkyl halides is 3. The summed E-state index contributed by atoms with van der Waals surface area (Å²) in [6, 6.07) is 10.0. The van der Waals surface area contributed by atoms with E-state index >= 15 is 4.39 Å². The fourth-order valence-electron chi connectivity index (χ4n) is 6.06. The van der Waals surface area contributed by atoms with Gasteiger partial charge in [0.2, 0.25) is 5.88 Å². The molecular formula is C31H29F4NO4. The van der Waals surface area contributed by atoms with Crippen molar-refractivity contribution in [2.75, 3.05) is 6.61 Å². The van der Waals surface area contributed by atoms with Crippen LogP contribution in [-0.2, 0) is 39.9 Å². The number of carbonyl (C=O) groups excluding carboxylic acids is 1. The molecule has 1 unspecified atom stereocenters. The van der Waals surface area contributed by atoms with Crippen molar-refractivity contribution in [1.29, 1.82) is 0 Å². The van der Waals surface area contributed by atoms with Crippen LogP contribution in [0.1, 0.15) is 71.7 Å². The highest BCUT2D eigenvalue weighted by Gasteiger charge is 2.61. The molecule has 2 heterocycles. The SMILES string of the molecule is CC(C)(C)OC(=O)[C@H]1[C@@H]2Cc3cc(OCc4cc5c(cc4F)CCOC5c4ccccc4C(F)(F)F)ncc3[C@@H]21. The van der Waals surface area contributed by atoms with E-state index in [0.717, 1.165) is 17.2 Å². The fourth-order valence-corrected chi connectivity index (χ4v) is 6.06. The molecule has 1 saturated carbocycles. The molecule has 6 rings (SSSR count). The fraction of sp³-hybridized carbons (Fsp3) is 0.419. The highest BCUT2D eigenvalue weighted by Crippen LogP contribution is 2.62. The summed E-state index contributed by atoms with van der Waals surface area (Å²) in [4.78, 5) is 16.9. The molecule has 1 aromatic heterocycles. The molecule has 1 fully saturated rings. The summed E-state index contributed by atoms with van der Waals surface area (Å²) in [5, 5.41) is 0. The lowest BCUT2D eigenvalue weighted by molar-refractivity contribution is -0.157. The van der Waals surface area contributed by atoms with E-state index in [4.69, 9.17) is 14.2 Å². The monoisotopic (exact) mass is 555 g/mol. The number of esters is 1. The topological polar surface area (TPSA) is 57.7 Å². The van der Waals surface area contributed by atoms with Crippen molar-refractivity contribution < 1.29 is 36.6 Å². The van der Waals surface area contributed by atoms with Crippen LogP contribution >= 0.6 is 0 Å². The number of hydrogen-bond acceptors (Lipinski definition) is 5. The summed E-state index contributed by atoms with van der Waals surface area (Å²) in [6.07, 6.45) is -2.69. The Morgan fingerprint density at radius 2 is 1.82 bits per heavy atom. The number of aromatic nitrogens is 1. The van der Waals surface area contributed by atoms with Gasteiger partial charge in [0, 0.05) is 23.7 Å². The molecule has 0 radical (unpaired) electrons. The summed E-state index contributed by atoms with van der Waals surface area (Å²) < 4.78 is 73.3. The van der Waals surface area contributed by atoms with Crippen LogP contribution in [0, 0.1) is 17.7 Å². The van der Waals surface area contributed by atoms with E-state index in [1.807, 2.05) is 26.8 Å². The van der Waals surface area contributed by atoms with Crippen LogP contribution in [0.4, 0.5) is 17.6 Å². The molecule has 0 spiro atoms. The maximum Gasteiger partial charge on any atom is 0.416 e. The minimum absolute atomic E-state index is 0.00188. The van der Waals surface area contributed by atoms with E-state index in [2.05, 4.69) is 4.98 Å². The number of ether oxygens (including phenoxy) is 3. The predicted molar refractivity (Wildman–Crippen MR) is 137 cm³/mol. The van der Waals surface area contributed by atoms with Crippen molar-refractivity contribution in [3.63, 3.8) is 0 Å². The maximum atomic E-state index is 15.0. The van der Waals surface area contributed by atoms with Crippen LogP contribution in [0.3, 0.4) is 0 Å². The van der Waals surface area contributed by atoms with E-state index in [-0.39, 0.29) is 48.1 Å². The van der Waals surface area contributed by atoms with Crippen LogP contribution in [0.25, 0.3) is 0 Å². The molecule has 210 valence electrons. The summed E-state index contributed by atoms with van der Waals surface area (Å²) in [5.41, 5.74) is 2.06. The molecule has 5 nitrogen and oxygen atoms in total. The third-order valence-electron chi connectivity index (χ3n) is 7.83. The van der Waals surface area contributed by atoms with Crippen molar-refractivity contribution >= 4 is 5.97 Å². The second-order valence-corrected chi connectivity index (χ2v) is 11.7. The molecule has 2 aromatic carbocycles. The number of carbonyl (C=O) groups is 1. The normalized spacial score (nSPS) is 23.2. The van der Waals surface area contributed by atoms with Crippen molar-refractivity contribution in [1.82, 2.24) is 4.98 Å². The van der Waals surface area contributed by atoms with E-state index in [0.29, 0.717) is 29.8 Å². The van der Waals surface area contributed by atoms with Gasteiger partial charge < -0.3 is 14.2 Å². The molecule has 3 aliphatic rings. The van der Waals surface area contributed by atoms with Gasteiger partial charge in [-0.15, -0.1) is 0 Å². The number of pyridine rings is 1. The Bertz CT molecular complexity index is 1480. The molecule has 1 aliphatic heterocycles. The van der Waals surface area contributed by atoms with Crippen molar-refractivity contribution in [2.24, 2.45) is 11.8 Å². The van der Waals surface area contributed by atoms with E-state index in [9.17, 15) is 18.0 Å². The molecule has 40 heavy (non-hydrogen) atoms. The lowest BCUT2D eigenvalue weighted by Gasteiger charge is -2.29. The summed E-state index contributed by atoms with van der Waals surface area (Å²) in [7, 11) is 0. The first-order valence-electron chi connectivity index (χ1n) is 13.3. The summed E-state index contributed by atoms with van der Waals surface area (Å²) >= 11 is 0. The van der Waals surface area contributed by atoms with Crippen LogP contribution < -0.4 is 4.74 Å². The standard InChI is InChI=1S/C31H29F4NO4/c1-30(2,3)40-29(37)27-21-10-17-13-25(36-14-22(17)26(21)27)39-15-18-11-20-16(12-24(18)32)8-9-38-28(20)19-6-4-5-7-23(19)31(33,34)35/h4-7,11-14,21,26-28H,8-10,15H2,1-3H3/t21-,26-,27+,28?/m1/s1. The van der Waals surface area contributed by atoms with Gasteiger partial charge in [0.1, 0.15) is 24.1 Å². The average molecular weight is 556 g/mol. The Morgan fingerprint density at radius 3 is 2.58 bits per heavy atom. The average Bonchev–Trinajstić information content (AvgIpc) is 3.47. The molecule has 3 aromatic rings. The Balaban J connectivity index is 1.19. The lowest BCUT2D eigenvalue weighted by Crippen LogP contribution is -2.26. The Labute approximate surface area is 229 Å². The quantitative estimate of drug-likeness (QED) is 0.259. The Kier molecular flexibility index (Phi) is 6.40. The molecular weight excluding hydrogens is 526 g/mol. The van der Waals surface area contributed by atoms with E-state index in [1.54, 1.807) is 6.20 Å². The van der Waals surface area contributed by atoms with Crippen LogP contribution in [0.5, 0.6) is 5.88 Å². The number of fused-ring (bicyclic) bond motifs is 4. The van der Waals surface area contributed by atoms with Crippen molar-refractivity contribution in [2.45, 2.75) is 64.0 Å². The minimum atomic E-state index is -4.55. The zero-order valence-electron chi connectivity index (χ0n) is 22.3. The zero-order valence-corrected chi connectivity index (χ0v) is 22.3. The van der Waals surface area contributed by atoms with Crippen molar-refractivity contribution in [3.05, 3.63) is 93.4 Å². The van der Waals surface area contributed by atoms with E-state index in [1.165, 1.54) is 30.3 Å². The molecule has 0 N–H and O–H groups in total. The van der Waals surface area contributed by atoms with Gasteiger partial charge in [0.15, 0.2) is 0 Å². The highest BCUT2D eigenvalue weighted by molar-refractivity contribution is 5.80. The number of benzene rings is 2. The third kappa shape index (κ3) is 4.96.